The van der Waals surface area contributed by atoms with Crippen molar-refractivity contribution in [2.24, 2.45) is 0 Å². The number of thiocarbonyl (C=S) groups is 2. The highest BCUT2D eigenvalue weighted by atomic mass is 32.2. The maximum absolute atomic E-state index is 13.1. The van der Waals surface area contributed by atoms with Gasteiger partial charge in [-0.15, -0.1) is 0 Å². The van der Waals surface area contributed by atoms with Crippen molar-refractivity contribution in [1.82, 2.24) is 19.6 Å². The average molecular weight is 597 g/mol. The molecule has 4 rings (SSSR count). The molecular formula is C26H36N4O4S4. The van der Waals surface area contributed by atoms with Gasteiger partial charge in [-0.3, -0.25) is 29.0 Å². The maximum Gasteiger partial charge on any atom is 0.267 e. The van der Waals surface area contributed by atoms with Crippen molar-refractivity contribution < 1.29 is 19.2 Å². The van der Waals surface area contributed by atoms with E-state index < -0.39 is 0 Å². The van der Waals surface area contributed by atoms with E-state index in [1.807, 2.05) is 9.80 Å². The van der Waals surface area contributed by atoms with E-state index in [1.165, 1.54) is 23.5 Å². The number of amides is 4. The Bertz CT molecular complexity index is 927. The van der Waals surface area contributed by atoms with Gasteiger partial charge in [0, 0.05) is 52.1 Å². The van der Waals surface area contributed by atoms with Gasteiger partial charge in [0.15, 0.2) is 0 Å². The fourth-order valence-corrected chi connectivity index (χ4v) is 7.92. The van der Waals surface area contributed by atoms with Crippen molar-refractivity contribution in [3.8, 4) is 0 Å². The van der Waals surface area contributed by atoms with Crippen LogP contribution in [0.15, 0.2) is 9.81 Å². The fraction of sp³-hybridized carbons (Fsp3) is 0.692. The highest BCUT2D eigenvalue weighted by Crippen LogP contribution is 2.42. The summed E-state index contributed by atoms with van der Waals surface area (Å²) in [4.78, 5) is 58.4. The lowest BCUT2D eigenvalue weighted by atomic mass is 10.1. The van der Waals surface area contributed by atoms with Crippen LogP contribution >= 0.6 is 48.0 Å². The third-order valence-corrected chi connectivity index (χ3v) is 10.4. The van der Waals surface area contributed by atoms with Gasteiger partial charge in [0.1, 0.15) is 8.64 Å². The van der Waals surface area contributed by atoms with Gasteiger partial charge in [-0.1, -0.05) is 60.8 Å². The number of carbonyl (C=O) groups excluding carboxylic acids is 4. The second-order valence-corrected chi connectivity index (χ2v) is 13.4. The number of thioether (sulfide) groups is 2. The van der Waals surface area contributed by atoms with Crippen LogP contribution in [0.5, 0.6) is 0 Å². The van der Waals surface area contributed by atoms with Crippen LogP contribution < -0.4 is 0 Å². The topological polar surface area (TPSA) is 81.2 Å². The number of likely N-dealkylation sites (tertiary alicyclic amines) is 2. The number of carbonyl (C=O) groups is 4. The molecule has 208 valence electrons. The quantitative estimate of drug-likeness (QED) is 0.188. The fourth-order valence-electron chi connectivity index (χ4n) is 5.15. The first-order valence-electron chi connectivity index (χ1n) is 13.7. The summed E-state index contributed by atoms with van der Waals surface area (Å²) in [5.74, 6) is -0.000416. The molecule has 0 unspecified atom stereocenters. The molecule has 0 bridgehead atoms. The molecule has 0 spiro atoms. The lowest BCUT2D eigenvalue weighted by Crippen LogP contribution is -2.31. The molecule has 8 nitrogen and oxygen atoms in total. The minimum Gasteiger partial charge on any atom is -0.343 e. The first-order chi connectivity index (χ1) is 18.4. The molecule has 4 aliphatic heterocycles. The summed E-state index contributed by atoms with van der Waals surface area (Å²) in [6.45, 7) is 4.48. The Morgan fingerprint density at radius 1 is 0.605 bits per heavy atom. The zero-order valence-corrected chi connectivity index (χ0v) is 25.0. The van der Waals surface area contributed by atoms with Gasteiger partial charge >= 0.3 is 0 Å². The highest BCUT2D eigenvalue weighted by molar-refractivity contribution is 8.29. The van der Waals surface area contributed by atoms with E-state index in [4.69, 9.17) is 24.4 Å². The summed E-state index contributed by atoms with van der Waals surface area (Å²) in [6.07, 6.45) is 10.3. The molecule has 4 amide bonds. The molecule has 0 aromatic rings. The molecule has 0 saturated carbocycles. The second kappa shape index (κ2) is 14.2. The van der Waals surface area contributed by atoms with Gasteiger partial charge < -0.3 is 9.80 Å². The lowest BCUT2D eigenvalue weighted by molar-refractivity contribution is -0.131. The first-order valence-corrected chi connectivity index (χ1v) is 16.2. The van der Waals surface area contributed by atoms with Crippen LogP contribution in [0.4, 0.5) is 0 Å². The Morgan fingerprint density at radius 3 is 1.34 bits per heavy atom. The van der Waals surface area contributed by atoms with Crippen molar-refractivity contribution in [1.29, 1.82) is 0 Å². The van der Waals surface area contributed by atoms with Gasteiger partial charge in [0.05, 0.1) is 9.81 Å². The van der Waals surface area contributed by atoms with Crippen LogP contribution in [0.1, 0.15) is 77.0 Å². The smallest absolute Gasteiger partial charge is 0.267 e. The number of rotatable bonds is 12. The van der Waals surface area contributed by atoms with E-state index in [2.05, 4.69) is 0 Å². The molecule has 38 heavy (non-hydrogen) atoms. The minimum absolute atomic E-state index is 0.228. The Labute approximate surface area is 244 Å². The first kappa shape index (κ1) is 29.5. The summed E-state index contributed by atoms with van der Waals surface area (Å²) < 4.78 is 0.928. The zero-order chi connectivity index (χ0) is 27.1. The van der Waals surface area contributed by atoms with Gasteiger partial charge in [0.25, 0.3) is 11.8 Å². The van der Waals surface area contributed by atoms with Crippen LogP contribution in [0.2, 0.25) is 0 Å². The predicted octanol–water partition coefficient (Wildman–Crippen LogP) is 4.28. The third kappa shape index (κ3) is 7.37. The molecule has 4 aliphatic rings. The third-order valence-electron chi connectivity index (χ3n) is 7.37. The summed E-state index contributed by atoms with van der Waals surface area (Å²) in [6, 6.07) is 0. The van der Waals surface area contributed by atoms with Crippen LogP contribution in [0, 0.1) is 0 Å². The Morgan fingerprint density at radius 2 is 0.974 bits per heavy atom. The predicted molar refractivity (Wildman–Crippen MR) is 159 cm³/mol. The molecule has 4 fully saturated rings. The Balaban J connectivity index is 1.19. The van der Waals surface area contributed by atoms with Gasteiger partial charge in [-0.25, -0.2) is 0 Å². The van der Waals surface area contributed by atoms with Gasteiger partial charge in [-0.05, 0) is 51.4 Å². The maximum atomic E-state index is 13.1. The Kier molecular flexibility index (Phi) is 11.0. The van der Waals surface area contributed by atoms with Crippen molar-refractivity contribution in [3.05, 3.63) is 9.81 Å². The average Bonchev–Trinajstić information content (AvgIpc) is 3.70. The Hall–Kier alpha value is -1.50. The number of nitrogens with zero attached hydrogens (tertiary/aromatic N) is 4. The minimum atomic E-state index is -0.228. The number of hydrogen-bond donors (Lipinski definition) is 0. The van der Waals surface area contributed by atoms with Crippen molar-refractivity contribution >= 4 is 80.2 Å². The van der Waals surface area contributed by atoms with Gasteiger partial charge in [0.2, 0.25) is 11.8 Å². The molecule has 0 radical (unpaired) electrons. The SMILES string of the molecule is O=C(CCCCCN1C(=O)/C(=C2\SC(=S)N(CCCCCC(=O)N3CCCC3)C2=O)SC1=S)N1CCCC1. The van der Waals surface area contributed by atoms with Crippen LogP contribution in [0.3, 0.4) is 0 Å². The molecule has 0 aliphatic carbocycles. The van der Waals surface area contributed by atoms with Crippen LogP contribution in [0.25, 0.3) is 0 Å². The van der Waals surface area contributed by atoms with E-state index in [1.54, 1.807) is 9.80 Å². The molecule has 0 aromatic carbocycles. The molecular weight excluding hydrogens is 561 g/mol. The van der Waals surface area contributed by atoms with E-state index in [9.17, 15) is 19.2 Å². The molecule has 4 heterocycles. The van der Waals surface area contributed by atoms with E-state index in [-0.39, 0.29) is 23.6 Å². The second-order valence-electron chi connectivity index (χ2n) is 10.1. The molecule has 0 atom stereocenters. The standard InChI is InChI=1S/C26H36N4O4S4/c31-19(27-13-7-8-14-27)11-3-1-5-17-29-23(33)21(37-25(29)35)22-24(34)30(26(36)38-22)18-6-2-4-12-20(32)28-15-9-10-16-28/h1-18H2/b22-21+. The van der Waals surface area contributed by atoms with Crippen molar-refractivity contribution in [2.75, 3.05) is 39.3 Å². The summed E-state index contributed by atoms with van der Waals surface area (Å²) in [5, 5.41) is 0. The molecule has 12 heteroatoms. The molecule has 0 aromatic heterocycles. The normalized spacial score (nSPS) is 22.1. The summed E-state index contributed by atoms with van der Waals surface area (Å²) in [5.41, 5.74) is 0. The van der Waals surface area contributed by atoms with Crippen LogP contribution in [-0.4, -0.2) is 91.1 Å². The summed E-state index contributed by atoms with van der Waals surface area (Å²) >= 11 is 13.3. The van der Waals surface area contributed by atoms with Gasteiger partial charge in [-0.2, -0.15) is 0 Å². The number of unbranched alkanes of at least 4 members (excludes halogenated alkanes) is 4. The van der Waals surface area contributed by atoms with E-state index in [0.717, 1.165) is 90.4 Å². The van der Waals surface area contributed by atoms with Crippen LogP contribution in [-0.2, 0) is 19.2 Å². The van der Waals surface area contributed by atoms with E-state index >= 15 is 0 Å². The lowest BCUT2D eigenvalue weighted by Gasteiger charge is -2.16. The monoisotopic (exact) mass is 596 g/mol. The zero-order valence-electron chi connectivity index (χ0n) is 21.8. The molecule has 0 N–H and O–H groups in total. The largest absolute Gasteiger partial charge is 0.343 e. The molecule has 4 saturated heterocycles. The summed E-state index contributed by atoms with van der Waals surface area (Å²) in [7, 11) is 0. The van der Waals surface area contributed by atoms with Crippen molar-refractivity contribution in [3.63, 3.8) is 0 Å². The van der Waals surface area contributed by atoms with Crippen molar-refractivity contribution in [2.45, 2.75) is 77.0 Å². The number of hydrogen-bond acceptors (Lipinski definition) is 8. The van der Waals surface area contributed by atoms with E-state index in [0.29, 0.717) is 44.4 Å². The highest BCUT2D eigenvalue weighted by Gasteiger charge is 2.41.